The van der Waals surface area contributed by atoms with E-state index in [0.717, 1.165) is 32.4 Å². The molecule has 0 radical (unpaired) electrons. The van der Waals surface area contributed by atoms with Crippen molar-refractivity contribution < 1.29 is 13.2 Å². The van der Waals surface area contributed by atoms with Gasteiger partial charge in [-0.25, -0.2) is 13.1 Å². The number of ether oxygens (including phenoxy) is 1. The van der Waals surface area contributed by atoms with Crippen LogP contribution in [-0.2, 0) is 14.8 Å². The van der Waals surface area contributed by atoms with Gasteiger partial charge >= 0.3 is 0 Å². The molecule has 2 unspecified atom stereocenters. The number of piperidine rings is 1. The SMILES string of the molecule is CCC(COC)NS(=O)(=O)CC1CCCNC1. The van der Waals surface area contributed by atoms with E-state index in [1.54, 1.807) is 7.11 Å². The summed E-state index contributed by atoms with van der Waals surface area (Å²) in [5, 5.41) is 3.23. The van der Waals surface area contributed by atoms with Crippen LogP contribution < -0.4 is 10.0 Å². The van der Waals surface area contributed by atoms with E-state index in [4.69, 9.17) is 4.74 Å². The fraction of sp³-hybridized carbons (Fsp3) is 1.00. The first-order valence-electron chi connectivity index (χ1n) is 6.27. The lowest BCUT2D eigenvalue weighted by molar-refractivity contribution is 0.173. The highest BCUT2D eigenvalue weighted by Gasteiger charge is 2.23. The lowest BCUT2D eigenvalue weighted by Crippen LogP contribution is -2.42. The molecule has 0 aromatic heterocycles. The third-order valence-electron chi connectivity index (χ3n) is 3.06. The van der Waals surface area contributed by atoms with Gasteiger partial charge in [-0.05, 0) is 38.3 Å². The lowest BCUT2D eigenvalue weighted by Gasteiger charge is -2.24. The molecule has 1 aliphatic rings. The Bertz CT molecular complexity index is 287. The number of nitrogens with one attached hydrogen (secondary N) is 2. The van der Waals surface area contributed by atoms with Crippen LogP contribution >= 0.6 is 0 Å². The Morgan fingerprint density at radius 2 is 2.29 bits per heavy atom. The highest BCUT2D eigenvalue weighted by atomic mass is 32.2. The Hall–Kier alpha value is -0.170. The summed E-state index contributed by atoms with van der Waals surface area (Å²) >= 11 is 0. The zero-order chi connectivity index (χ0) is 12.7. The molecule has 0 aliphatic carbocycles. The Morgan fingerprint density at radius 3 is 2.82 bits per heavy atom. The monoisotopic (exact) mass is 264 g/mol. The molecule has 6 heteroatoms. The van der Waals surface area contributed by atoms with Crippen LogP contribution in [0.1, 0.15) is 26.2 Å². The normalized spacial score (nSPS) is 23.5. The fourth-order valence-electron chi connectivity index (χ4n) is 2.11. The zero-order valence-corrected chi connectivity index (χ0v) is 11.6. The summed E-state index contributed by atoms with van der Waals surface area (Å²) in [6, 6.07) is -0.110. The van der Waals surface area contributed by atoms with Crippen LogP contribution in [0.5, 0.6) is 0 Å². The Morgan fingerprint density at radius 1 is 1.53 bits per heavy atom. The lowest BCUT2D eigenvalue weighted by atomic mass is 10.0. The van der Waals surface area contributed by atoms with Crippen LogP contribution in [0.2, 0.25) is 0 Å². The summed E-state index contributed by atoms with van der Waals surface area (Å²) in [5.41, 5.74) is 0. The van der Waals surface area contributed by atoms with E-state index < -0.39 is 10.0 Å². The molecule has 1 saturated heterocycles. The molecule has 0 aromatic carbocycles. The van der Waals surface area contributed by atoms with Gasteiger partial charge in [-0.3, -0.25) is 0 Å². The van der Waals surface area contributed by atoms with E-state index in [0.29, 0.717) is 6.61 Å². The van der Waals surface area contributed by atoms with Crippen molar-refractivity contribution in [3.63, 3.8) is 0 Å². The van der Waals surface area contributed by atoms with Gasteiger partial charge < -0.3 is 10.1 Å². The highest BCUT2D eigenvalue weighted by Crippen LogP contribution is 2.12. The summed E-state index contributed by atoms with van der Waals surface area (Å²) < 4.78 is 31.6. The van der Waals surface area contributed by atoms with Crippen molar-refractivity contribution in [2.75, 3.05) is 32.6 Å². The predicted molar refractivity (Wildman–Crippen MR) is 68.5 cm³/mol. The van der Waals surface area contributed by atoms with E-state index in [2.05, 4.69) is 10.0 Å². The number of sulfonamides is 1. The molecule has 2 atom stereocenters. The van der Waals surface area contributed by atoms with Gasteiger partial charge in [0.1, 0.15) is 0 Å². The van der Waals surface area contributed by atoms with Crippen LogP contribution in [0.4, 0.5) is 0 Å². The second-order valence-corrected chi connectivity index (χ2v) is 6.47. The maximum Gasteiger partial charge on any atom is 0.212 e. The first-order chi connectivity index (χ1) is 8.07. The molecule has 5 nitrogen and oxygen atoms in total. The molecule has 0 saturated carbocycles. The van der Waals surface area contributed by atoms with Crippen LogP contribution in [0.15, 0.2) is 0 Å². The van der Waals surface area contributed by atoms with Crippen molar-refractivity contribution in [3.8, 4) is 0 Å². The average Bonchev–Trinajstić information content (AvgIpc) is 2.29. The van der Waals surface area contributed by atoms with E-state index in [-0.39, 0.29) is 17.7 Å². The van der Waals surface area contributed by atoms with Gasteiger partial charge in [-0.15, -0.1) is 0 Å². The quantitative estimate of drug-likeness (QED) is 0.695. The third kappa shape index (κ3) is 5.81. The summed E-state index contributed by atoms with van der Waals surface area (Å²) in [6.45, 7) is 4.19. The fourth-order valence-corrected chi connectivity index (χ4v) is 3.86. The topological polar surface area (TPSA) is 67.4 Å². The van der Waals surface area contributed by atoms with E-state index in [1.165, 1.54) is 0 Å². The molecule has 1 fully saturated rings. The molecule has 0 spiro atoms. The van der Waals surface area contributed by atoms with Crippen LogP contribution in [0.3, 0.4) is 0 Å². The molecular formula is C11H24N2O3S. The van der Waals surface area contributed by atoms with Gasteiger partial charge in [0.25, 0.3) is 0 Å². The van der Waals surface area contributed by atoms with E-state index in [9.17, 15) is 8.42 Å². The molecule has 0 aromatic rings. The van der Waals surface area contributed by atoms with Crippen molar-refractivity contribution >= 4 is 10.0 Å². The standard InChI is InChI=1S/C11H24N2O3S/c1-3-11(8-16-2)13-17(14,15)9-10-5-4-6-12-7-10/h10-13H,3-9H2,1-2H3. The molecule has 17 heavy (non-hydrogen) atoms. The van der Waals surface area contributed by atoms with Gasteiger partial charge in [0.2, 0.25) is 10.0 Å². The number of methoxy groups -OCH3 is 1. The molecule has 1 aliphatic heterocycles. The summed E-state index contributed by atoms with van der Waals surface area (Å²) in [6.07, 6.45) is 2.81. The predicted octanol–water partition coefficient (Wildman–Crippen LogP) is 0.330. The van der Waals surface area contributed by atoms with Crippen molar-refractivity contribution in [2.45, 2.75) is 32.2 Å². The minimum absolute atomic E-state index is 0.110. The van der Waals surface area contributed by atoms with Crippen LogP contribution in [0, 0.1) is 5.92 Å². The summed E-state index contributed by atoms with van der Waals surface area (Å²) in [7, 11) is -1.60. The molecule has 102 valence electrons. The van der Waals surface area contributed by atoms with Crippen molar-refractivity contribution in [2.24, 2.45) is 5.92 Å². The molecule has 1 rings (SSSR count). The molecule has 0 amide bonds. The first-order valence-corrected chi connectivity index (χ1v) is 7.92. The Kier molecular flexibility index (Phi) is 6.40. The minimum atomic E-state index is -3.18. The second kappa shape index (κ2) is 7.31. The molecule has 0 bridgehead atoms. The average molecular weight is 264 g/mol. The Balaban J connectivity index is 2.43. The van der Waals surface area contributed by atoms with E-state index in [1.807, 2.05) is 6.92 Å². The van der Waals surface area contributed by atoms with Gasteiger partial charge in [0.05, 0.1) is 12.4 Å². The van der Waals surface area contributed by atoms with Gasteiger partial charge in [-0.1, -0.05) is 6.92 Å². The van der Waals surface area contributed by atoms with Crippen molar-refractivity contribution in [1.82, 2.24) is 10.0 Å². The van der Waals surface area contributed by atoms with Crippen LogP contribution in [0.25, 0.3) is 0 Å². The number of hydrogen-bond acceptors (Lipinski definition) is 4. The van der Waals surface area contributed by atoms with Gasteiger partial charge in [0, 0.05) is 13.2 Å². The Labute approximate surface area is 104 Å². The van der Waals surface area contributed by atoms with Crippen LogP contribution in [-0.4, -0.2) is 47.0 Å². The van der Waals surface area contributed by atoms with Gasteiger partial charge in [0.15, 0.2) is 0 Å². The minimum Gasteiger partial charge on any atom is -0.383 e. The molecule has 2 N–H and O–H groups in total. The highest BCUT2D eigenvalue weighted by molar-refractivity contribution is 7.89. The second-order valence-electron chi connectivity index (χ2n) is 4.67. The smallest absolute Gasteiger partial charge is 0.212 e. The third-order valence-corrected chi connectivity index (χ3v) is 4.66. The molecule has 1 heterocycles. The maximum atomic E-state index is 11.9. The van der Waals surface area contributed by atoms with Gasteiger partial charge in [-0.2, -0.15) is 0 Å². The molecular weight excluding hydrogens is 240 g/mol. The maximum absolute atomic E-state index is 11.9. The zero-order valence-electron chi connectivity index (χ0n) is 10.7. The summed E-state index contributed by atoms with van der Waals surface area (Å²) in [4.78, 5) is 0. The van der Waals surface area contributed by atoms with Crippen molar-refractivity contribution in [3.05, 3.63) is 0 Å². The number of rotatable bonds is 7. The summed E-state index contributed by atoms with van der Waals surface area (Å²) in [5.74, 6) is 0.460. The van der Waals surface area contributed by atoms with E-state index >= 15 is 0 Å². The first kappa shape index (κ1) is 14.9. The number of hydrogen-bond donors (Lipinski definition) is 2. The van der Waals surface area contributed by atoms with Crippen molar-refractivity contribution in [1.29, 1.82) is 0 Å². The largest absolute Gasteiger partial charge is 0.383 e.